The first-order valence-electron chi connectivity index (χ1n) is 7.20. The number of nitrogens with zero attached hydrogens (tertiary/aromatic N) is 1. The molecule has 2 aliphatic heterocycles. The number of morpholine rings is 1. The number of nitrogens with one attached hydrogen (secondary N) is 1. The normalized spacial score (nSPS) is 21.0. The molecule has 0 spiro atoms. The van der Waals surface area contributed by atoms with Crippen LogP contribution in [0.5, 0.6) is 0 Å². The van der Waals surface area contributed by atoms with Gasteiger partial charge in [-0.05, 0) is 23.6 Å². The summed E-state index contributed by atoms with van der Waals surface area (Å²) >= 11 is 12.3. The van der Waals surface area contributed by atoms with E-state index >= 15 is 0 Å². The van der Waals surface area contributed by atoms with Crippen LogP contribution >= 0.6 is 35.6 Å². The van der Waals surface area contributed by atoms with Crippen LogP contribution in [-0.4, -0.2) is 43.2 Å². The number of ether oxygens (including phenoxy) is 1. The van der Waals surface area contributed by atoms with Gasteiger partial charge in [0.1, 0.15) is 0 Å². The van der Waals surface area contributed by atoms with Gasteiger partial charge in [-0.15, -0.1) is 12.4 Å². The van der Waals surface area contributed by atoms with Crippen molar-refractivity contribution in [3.05, 3.63) is 33.3 Å². The molecule has 1 atom stereocenters. The Hall–Kier alpha value is -0.520. The Kier molecular flexibility index (Phi) is 6.36. The van der Waals surface area contributed by atoms with Gasteiger partial charge < -0.3 is 15.0 Å². The van der Waals surface area contributed by atoms with Crippen LogP contribution < -0.4 is 5.32 Å². The lowest BCUT2D eigenvalue weighted by atomic mass is 9.99. The standard InChI is InChI=1S/C15H18Cl2N2O2.ClH/c16-13-2-1-10-8-19(5-3-12(10)15(13)17)14(20)7-11-9-21-6-4-18-11;/h1-2,11,18H,3-9H2;1H. The zero-order chi connectivity index (χ0) is 14.8. The quantitative estimate of drug-likeness (QED) is 0.876. The van der Waals surface area contributed by atoms with Crippen LogP contribution in [0.25, 0.3) is 0 Å². The third-order valence-electron chi connectivity index (χ3n) is 4.06. The topological polar surface area (TPSA) is 41.6 Å². The van der Waals surface area contributed by atoms with Gasteiger partial charge in [-0.2, -0.15) is 0 Å². The number of hydrogen-bond donors (Lipinski definition) is 1. The SMILES string of the molecule is Cl.O=C(CC1COCCN1)N1CCc2c(ccc(Cl)c2Cl)C1. The highest BCUT2D eigenvalue weighted by Crippen LogP contribution is 2.32. The Morgan fingerprint density at radius 1 is 1.41 bits per heavy atom. The number of carbonyl (C=O) groups excluding carboxylic acids is 1. The summed E-state index contributed by atoms with van der Waals surface area (Å²) in [5.41, 5.74) is 2.17. The third kappa shape index (κ3) is 3.87. The van der Waals surface area contributed by atoms with E-state index in [0.717, 1.165) is 30.7 Å². The molecule has 2 heterocycles. The highest BCUT2D eigenvalue weighted by atomic mass is 35.5. The second-order valence-corrected chi connectivity index (χ2v) is 6.28. The molecule has 2 aliphatic rings. The Morgan fingerprint density at radius 3 is 2.95 bits per heavy atom. The van der Waals surface area contributed by atoms with Crippen LogP contribution in [0.1, 0.15) is 17.5 Å². The summed E-state index contributed by atoms with van der Waals surface area (Å²) in [6.07, 6.45) is 1.24. The average molecular weight is 366 g/mol. The van der Waals surface area contributed by atoms with E-state index < -0.39 is 0 Å². The second kappa shape index (κ2) is 7.84. The molecule has 7 heteroatoms. The predicted molar refractivity (Wildman–Crippen MR) is 90.1 cm³/mol. The zero-order valence-electron chi connectivity index (χ0n) is 12.1. The van der Waals surface area contributed by atoms with Crippen LogP contribution in [0.15, 0.2) is 12.1 Å². The van der Waals surface area contributed by atoms with Crippen molar-refractivity contribution in [1.29, 1.82) is 0 Å². The lowest BCUT2D eigenvalue weighted by Gasteiger charge is -2.32. The van der Waals surface area contributed by atoms with Gasteiger partial charge in [0.2, 0.25) is 5.91 Å². The minimum absolute atomic E-state index is 0. The van der Waals surface area contributed by atoms with Crippen LogP contribution in [0.3, 0.4) is 0 Å². The molecule has 22 heavy (non-hydrogen) atoms. The lowest BCUT2D eigenvalue weighted by molar-refractivity contribution is -0.133. The number of hydrogen-bond acceptors (Lipinski definition) is 3. The molecule has 1 fully saturated rings. The van der Waals surface area contributed by atoms with Gasteiger partial charge >= 0.3 is 0 Å². The highest BCUT2D eigenvalue weighted by Gasteiger charge is 2.25. The summed E-state index contributed by atoms with van der Waals surface area (Å²) in [6.45, 7) is 3.45. The Bertz CT molecular complexity index is 548. The van der Waals surface area contributed by atoms with E-state index in [-0.39, 0.29) is 24.4 Å². The van der Waals surface area contributed by atoms with Crippen molar-refractivity contribution < 1.29 is 9.53 Å². The summed E-state index contributed by atoms with van der Waals surface area (Å²) in [5, 5.41) is 4.52. The van der Waals surface area contributed by atoms with Crippen molar-refractivity contribution in [2.24, 2.45) is 0 Å². The largest absolute Gasteiger partial charge is 0.378 e. The van der Waals surface area contributed by atoms with Crippen LogP contribution in [0.4, 0.5) is 0 Å². The summed E-state index contributed by atoms with van der Waals surface area (Å²) < 4.78 is 5.39. The smallest absolute Gasteiger partial charge is 0.224 e. The molecule has 122 valence electrons. The fraction of sp³-hybridized carbons (Fsp3) is 0.533. The van der Waals surface area contributed by atoms with E-state index in [4.69, 9.17) is 27.9 Å². The van der Waals surface area contributed by atoms with Crippen molar-refractivity contribution in [3.63, 3.8) is 0 Å². The molecule has 0 bridgehead atoms. The average Bonchev–Trinajstić information content (AvgIpc) is 2.51. The molecule has 0 aromatic heterocycles. The molecule has 1 N–H and O–H groups in total. The first kappa shape index (κ1) is 17.8. The van der Waals surface area contributed by atoms with E-state index in [1.165, 1.54) is 0 Å². The number of rotatable bonds is 2. The summed E-state index contributed by atoms with van der Waals surface area (Å²) in [7, 11) is 0. The fourth-order valence-electron chi connectivity index (χ4n) is 2.89. The van der Waals surface area contributed by atoms with Crippen molar-refractivity contribution in [2.75, 3.05) is 26.3 Å². The van der Waals surface area contributed by atoms with Crippen molar-refractivity contribution in [3.8, 4) is 0 Å². The van der Waals surface area contributed by atoms with E-state index in [1.54, 1.807) is 6.07 Å². The van der Waals surface area contributed by atoms with E-state index in [2.05, 4.69) is 5.32 Å². The molecule has 1 aromatic rings. The molecule has 4 nitrogen and oxygen atoms in total. The number of benzene rings is 1. The monoisotopic (exact) mass is 364 g/mol. The Morgan fingerprint density at radius 2 is 2.23 bits per heavy atom. The molecule has 0 radical (unpaired) electrons. The number of amides is 1. The maximum atomic E-state index is 12.4. The molecule has 0 saturated carbocycles. The third-order valence-corrected chi connectivity index (χ3v) is 4.90. The summed E-state index contributed by atoms with van der Waals surface area (Å²) in [4.78, 5) is 14.3. The molecule has 1 saturated heterocycles. The van der Waals surface area contributed by atoms with Gasteiger partial charge in [-0.1, -0.05) is 29.3 Å². The predicted octanol–water partition coefficient (Wildman–Crippen LogP) is 2.68. The zero-order valence-corrected chi connectivity index (χ0v) is 14.4. The summed E-state index contributed by atoms with van der Waals surface area (Å²) in [6, 6.07) is 3.89. The fourth-order valence-corrected chi connectivity index (χ4v) is 3.34. The Balaban J connectivity index is 0.00000176. The highest BCUT2D eigenvalue weighted by molar-refractivity contribution is 6.42. The number of carbonyl (C=O) groups is 1. The molecule has 3 rings (SSSR count). The second-order valence-electron chi connectivity index (χ2n) is 5.49. The molecule has 1 unspecified atom stereocenters. The van der Waals surface area contributed by atoms with Gasteiger partial charge in [-0.25, -0.2) is 0 Å². The summed E-state index contributed by atoms with van der Waals surface area (Å²) in [5.74, 6) is 0.162. The first-order valence-corrected chi connectivity index (χ1v) is 7.95. The van der Waals surface area contributed by atoms with E-state index in [1.807, 2.05) is 11.0 Å². The van der Waals surface area contributed by atoms with Crippen molar-refractivity contribution in [2.45, 2.75) is 25.4 Å². The van der Waals surface area contributed by atoms with Crippen LogP contribution in [-0.2, 0) is 22.5 Å². The lowest BCUT2D eigenvalue weighted by Crippen LogP contribution is -2.46. The molecular weight excluding hydrogens is 347 g/mol. The Labute approximate surface area is 146 Å². The number of fused-ring (bicyclic) bond motifs is 1. The van der Waals surface area contributed by atoms with Gasteiger partial charge in [0, 0.05) is 32.1 Å². The molecule has 1 amide bonds. The van der Waals surface area contributed by atoms with E-state index in [9.17, 15) is 4.79 Å². The van der Waals surface area contributed by atoms with Gasteiger partial charge in [0.25, 0.3) is 0 Å². The molecular formula is C15H19Cl3N2O2. The van der Waals surface area contributed by atoms with Crippen molar-refractivity contribution >= 4 is 41.5 Å². The van der Waals surface area contributed by atoms with Gasteiger partial charge in [0.15, 0.2) is 0 Å². The number of halogens is 3. The maximum Gasteiger partial charge on any atom is 0.224 e. The molecule has 1 aromatic carbocycles. The van der Waals surface area contributed by atoms with Crippen LogP contribution in [0.2, 0.25) is 10.0 Å². The van der Waals surface area contributed by atoms with Gasteiger partial charge in [-0.3, -0.25) is 4.79 Å². The minimum atomic E-state index is 0. The maximum absolute atomic E-state index is 12.4. The molecule has 0 aliphatic carbocycles. The van der Waals surface area contributed by atoms with Gasteiger partial charge in [0.05, 0.1) is 23.3 Å². The first-order chi connectivity index (χ1) is 10.1. The van der Waals surface area contributed by atoms with Crippen LogP contribution in [0, 0.1) is 0 Å². The minimum Gasteiger partial charge on any atom is -0.378 e. The van der Waals surface area contributed by atoms with E-state index in [0.29, 0.717) is 36.2 Å². The van der Waals surface area contributed by atoms with Crippen molar-refractivity contribution in [1.82, 2.24) is 10.2 Å².